The number of carbonyl (C=O) groups is 1. The maximum atomic E-state index is 10.9. The fraction of sp³-hybridized carbons (Fsp3) is 0.967. The molecule has 0 saturated carbocycles. The maximum Gasteiger partial charge on any atom is 0.186 e. The molecule has 0 aromatic carbocycles. The first kappa shape index (κ1) is 38.3. The SMILES string of the molecule is COCCCCOCC1OC(OCCCC=O)C(OCCCCOC)C(OCCCCOC)C1OCCCCOC. The van der Waals surface area contributed by atoms with Gasteiger partial charge in [-0.3, -0.25) is 0 Å². The molecule has 0 radical (unpaired) electrons. The Morgan fingerprint density at radius 1 is 0.512 bits per heavy atom. The van der Waals surface area contributed by atoms with E-state index in [0.29, 0.717) is 78.9 Å². The Morgan fingerprint density at radius 3 is 1.46 bits per heavy atom. The van der Waals surface area contributed by atoms with Crippen LogP contribution in [0.15, 0.2) is 0 Å². The van der Waals surface area contributed by atoms with Crippen LogP contribution in [0, 0.1) is 0 Å². The summed E-state index contributed by atoms with van der Waals surface area (Å²) in [6.45, 7) is 5.63. The van der Waals surface area contributed by atoms with Crippen LogP contribution in [0.3, 0.4) is 0 Å². The molecule has 1 aliphatic rings. The van der Waals surface area contributed by atoms with Gasteiger partial charge in [-0.25, -0.2) is 0 Å². The van der Waals surface area contributed by atoms with Crippen molar-refractivity contribution in [3.05, 3.63) is 0 Å². The molecule has 0 aliphatic carbocycles. The molecule has 0 aromatic heterocycles. The van der Waals surface area contributed by atoms with Crippen molar-refractivity contribution in [2.24, 2.45) is 0 Å². The summed E-state index contributed by atoms with van der Waals surface area (Å²) in [7, 11) is 6.80. The molecule has 0 amide bonds. The van der Waals surface area contributed by atoms with E-state index in [-0.39, 0.29) is 0 Å². The average Bonchev–Trinajstić information content (AvgIpc) is 2.98. The summed E-state index contributed by atoms with van der Waals surface area (Å²) in [5, 5.41) is 0. The molecule has 244 valence electrons. The Labute approximate surface area is 248 Å². The lowest BCUT2D eigenvalue weighted by Crippen LogP contribution is -2.62. The van der Waals surface area contributed by atoms with Gasteiger partial charge in [-0.15, -0.1) is 0 Å². The van der Waals surface area contributed by atoms with Crippen LogP contribution < -0.4 is 0 Å². The molecular weight excluding hydrogens is 536 g/mol. The second kappa shape index (κ2) is 28.1. The second-order valence-corrected chi connectivity index (χ2v) is 10.1. The summed E-state index contributed by atoms with van der Waals surface area (Å²) in [5.41, 5.74) is 0. The molecule has 0 aromatic rings. The van der Waals surface area contributed by atoms with Crippen molar-refractivity contribution in [1.29, 1.82) is 0 Å². The summed E-state index contributed by atoms with van der Waals surface area (Å²) in [4.78, 5) is 10.9. The molecule has 1 fully saturated rings. The Hall–Kier alpha value is -0.730. The lowest BCUT2D eigenvalue weighted by Gasteiger charge is -2.46. The smallest absolute Gasteiger partial charge is 0.186 e. The van der Waals surface area contributed by atoms with Crippen LogP contribution in [0.25, 0.3) is 0 Å². The molecular formula is C30H58O11. The van der Waals surface area contributed by atoms with Crippen LogP contribution >= 0.6 is 0 Å². The van der Waals surface area contributed by atoms with E-state index < -0.39 is 30.7 Å². The molecule has 0 N–H and O–H groups in total. The van der Waals surface area contributed by atoms with E-state index in [0.717, 1.165) is 57.7 Å². The summed E-state index contributed by atoms with van der Waals surface area (Å²) in [6, 6.07) is 0. The van der Waals surface area contributed by atoms with Crippen LogP contribution in [-0.4, -0.2) is 132 Å². The second-order valence-electron chi connectivity index (χ2n) is 10.1. The standard InChI is InChI=1S/C30H58O11/c1-32-16-7-11-20-36-25-26-27(37-21-12-8-17-33-2)28(38-22-13-9-18-34-3)29(39-23-14-10-19-35-4)30(41-26)40-24-6-5-15-31/h15,26-30H,5-14,16-25H2,1-4H3. The molecule has 1 aliphatic heterocycles. The van der Waals surface area contributed by atoms with E-state index in [1.165, 1.54) is 0 Å². The molecule has 11 nitrogen and oxygen atoms in total. The van der Waals surface area contributed by atoms with Gasteiger partial charge < -0.3 is 52.2 Å². The summed E-state index contributed by atoms with van der Waals surface area (Å²) in [6.07, 6.45) is 6.53. The maximum absolute atomic E-state index is 10.9. The van der Waals surface area contributed by atoms with Crippen molar-refractivity contribution in [2.45, 2.75) is 94.9 Å². The number of hydrogen-bond acceptors (Lipinski definition) is 11. The van der Waals surface area contributed by atoms with Gasteiger partial charge in [0.25, 0.3) is 0 Å². The summed E-state index contributed by atoms with van der Waals surface area (Å²) in [5.74, 6) is 0. The third-order valence-corrected chi connectivity index (χ3v) is 6.67. The molecule has 1 heterocycles. The van der Waals surface area contributed by atoms with Gasteiger partial charge >= 0.3 is 0 Å². The Kier molecular flexibility index (Phi) is 26.2. The quantitative estimate of drug-likeness (QED) is 0.0899. The highest BCUT2D eigenvalue weighted by molar-refractivity contribution is 5.48. The fourth-order valence-electron chi connectivity index (χ4n) is 4.43. The summed E-state index contributed by atoms with van der Waals surface area (Å²) >= 11 is 0. The highest BCUT2D eigenvalue weighted by atomic mass is 16.7. The predicted molar refractivity (Wildman–Crippen MR) is 154 cm³/mol. The Morgan fingerprint density at radius 2 is 0.951 bits per heavy atom. The minimum Gasteiger partial charge on any atom is -0.385 e. The van der Waals surface area contributed by atoms with Crippen molar-refractivity contribution in [3.8, 4) is 0 Å². The highest BCUT2D eigenvalue weighted by Gasteiger charge is 2.48. The zero-order valence-corrected chi connectivity index (χ0v) is 26.1. The third-order valence-electron chi connectivity index (χ3n) is 6.67. The van der Waals surface area contributed by atoms with Gasteiger partial charge in [0.2, 0.25) is 0 Å². The first-order valence-corrected chi connectivity index (χ1v) is 15.3. The third kappa shape index (κ3) is 18.5. The molecule has 0 bridgehead atoms. The number of aldehydes is 1. The van der Waals surface area contributed by atoms with Crippen molar-refractivity contribution in [1.82, 2.24) is 0 Å². The van der Waals surface area contributed by atoms with Gasteiger partial charge in [-0.2, -0.15) is 0 Å². The Bertz CT molecular complexity index is 569. The number of carbonyl (C=O) groups excluding carboxylic acids is 1. The van der Waals surface area contributed by atoms with Crippen LogP contribution in [0.2, 0.25) is 0 Å². The molecule has 11 heteroatoms. The van der Waals surface area contributed by atoms with Crippen LogP contribution in [0.5, 0.6) is 0 Å². The first-order valence-electron chi connectivity index (χ1n) is 15.3. The van der Waals surface area contributed by atoms with E-state index >= 15 is 0 Å². The number of rotatable bonds is 30. The summed E-state index contributed by atoms with van der Waals surface area (Å²) < 4.78 is 58.8. The van der Waals surface area contributed by atoms with E-state index in [1.807, 2.05) is 0 Å². The molecule has 1 rings (SSSR count). The van der Waals surface area contributed by atoms with E-state index in [9.17, 15) is 4.79 Å². The number of methoxy groups -OCH3 is 4. The van der Waals surface area contributed by atoms with E-state index in [4.69, 9.17) is 47.4 Å². The topological polar surface area (TPSA) is 109 Å². The van der Waals surface area contributed by atoms with Crippen LogP contribution in [0.1, 0.15) is 64.2 Å². The zero-order valence-electron chi connectivity index (χ0n) is 26.1. The van der Waals surface area contributed by atoms with Gasteiger partial charge in [0.1, 0.15) is 30.7 Å². The average molecular weight is 595 g/mol. The molecule has 0 spiro atoms. The monoisotopic (exact) mass is 594 g/mol. The molecule has 5 atom stereocenters. The minimum atomic E-state index is -0.677. The van der Waals surface area contributed by atoms with Crippen molar-refractivity contribution < 1.29 is 52.2 Å². The highest BCUT2D eigenvalue weighted by Crippen LogP contribution is 2.30. The zero-order chi connectivity index (χ0) is 29.8. The largest absolute Gasteiger partial charge is 0.385 e. The van der Waals surface area contributed by atoms with Gasteiger partial charge in [-0.05, 0) is 57.8 Å². The van der Waals surface area contributed by atoms with Gasteiger partial charge in [0.15, 0.2) is 6.29 Å². The molecule has 1 saturated heterocycles. The van der Waals surface area contributed by atoms with Crippen molar-refractivity contribution in [2.75, 3.05) is 94.5 Å². The number of unbranched alkanes of at least 4 members (excludes halogenated alkanes) is 5. The normalized spacial score (nSPS) is 22.8. The lowest BCUT2D eigenvalue weighted by molar-refractivity contribution is -0.323. The molecule has 5 unspecified atom stereocenters. The first-order chi connectivity index (χ1) is 20.2. The van der Waals surface area contributed by atoms with Gasteiger partial charge in [-0.1, -0.05) is 0 Å². The van der Waals surface area contributed by atoms with Crippen LogP contribution in [0.4, 0.5) is 0 Å². The Balaban J connectivity index is 3.06. The van der Waals surface area contributed by atoms with Gasteiger partial charge in [0, 0.05) is 87.7 Å². The van der Waals surface area contributed by atoms with Crippen molar-refractivity contribution >= 4 is 6.29 Å². The predicted octanol–water partition coefficient (Wildman–Crippen LogP) is 3.59. The number of hydrogen-bond donors (Lipinski definition) is 0. The minimum absolute atomic E-state index is 0.341. The lowest BCUT2D eigenvalue weighted by atomic mass is 9.98. The van der Waals surface area contributed by atoms with Crippen molar-refractivity contribution in [3.63, 3.8) is 0 Å². The van der Waals surface area contributed by atoms with Crippen LogP contribution in [-0.2, 0) is 52.2 Å². The van der Waals surface area contributed by atoms with E-state index in [2.05, 4.69) is 0 Å². The van der Waals surface area contributed by atoms with Gasteiger partial charge in [0.05, 0.1) is 13.2 Å². The fourth-order valence-corrected chi connectivity index (χ4v) is 4.43. The van der Waals surface area contributed by atoms with E-state index in [1.54, 1.807) is 28.4 Å². The number of ether oxygens (including phenoxy) is 10. The molecule has 41 heavy (non-hydrogen) atoms.